The smallest absolute Gasteiger partial charge is 0.312 e. The fraction of sp³-hybridized carbons (Fsp3) is 0.136. The molecule has 1 aliphatic rings. The van der Waals surface area contributed by atoms with Crippen molar-refractivity contribution in [3.8, 4) is 17.2 Å². The SMILES string of the molecule is O=C(/C=C/c1ccc(COc2ccc(Cl)cc2[N+](=O)[O-])o1)c1ccc2c(c1)OCCO2. The van der Waals surface area contributed by atoms with Crippen LogP contribution in [0.3, 0.4) is 0 Å². The number of nitro groups is 1. The Kier molecular flexibility index (Phi) is 5.90. The molecule has 0 atom stereocenters. The molecule has 0 saturated carbocycles. The summed E-state index contributed by atoms with van der Waals surface area (Å²) in [4.78, 5) is 23.0. The van der Waals surface area contributed by atoms with Gasteiger partial charge in [-0.25, -0.2) is 0 Å². The van der Waals surface area contributed by atoms with E-state index in [1.807, 2.05) is 0 Å². The molecule has 3 aromatic rings. The summed E-state index contributed by atoms with van der Waals surface area (Å²) < 4.78 is 22.0. The number of nitro benzene ring substituents is 1. The summed E-state index contributed by atoms with van der Waals surface area (Å²) >= 11 is 5.79. The second kappa shape index (κ2) is 8.93. The number of hydrogen-bond acceptors (Lipinski definition) is 7. The Morgan fingerprint density at radius 2 is 1.90 bits per heavy atom. The van der Waals surface area contributed by atoms with E-state index in [1.54, 1.807) is 30.3 Å². The highest BCUT2D eigenvalue weighted by Crippen LogP contribution is 2.32. The fourth-order valence-corrected chi connectivity index (χ4v) is 3.08. The number of ketones is 1. The van der Waals surface area contributed by atoms with Gasteiger partial charge in [0.2, 0.25) is 0 Å². The van der Waals surface area contributed by atoms with Gasteiger partial charge >= 0.3 is 5.69 Å². The van der Waals surface area contributed by atoms with Gasteiger partial charge in [-0.1, -0.05) is 11.6 Å². The van der Waals surface area contributed by atoms with Crippen molar-refractivity contribution in [2.24, 2.45) is 0 Å². The zero-order valence-corrected chi connectivity index (χ0v) is 16.8. The lowest BCUT2D eigenvalue weighted by Crippen LogP contribution is -2.15. The van der Waals surface area contributed by atoms with E-state index >= 15 is 0 Å². The Hall–Kier alpha value is -3.78. The number of hydrogen-bond donors (Lipinski definition) is 0. The summed E-state index contributed by atoms with van der Waals surface area (Å²) in [6.07, 6.45) is 2.92. The molecule has 0 unspecified atom stereocenters. The molecule has 2 aromatic carbocycles. The quantitative estimate of drug-likeness (QED) is 0.218. The summed E-state index contributed by atoms with van der Waals surface area (Å²) in [5, 5.41) is 11.4. The van der Waals surface area contributed by atoms with Crippen LogP contribution in [-0.4, -0.2) is 23.9 Å². The van der Waals surface area contributed by atoms with Crippen molar-refractivity contribution in [3.05, 3.63) is 86.8 Å². The topological polar surface area (TPSA) is 101 Å². The van der Waals surface area contributed by atoms with Crippen LogP contribution in [0.2, 0.25) is 5.02 Å². The van der Waals surface area contributed by atoms with E-state index < -0.39 is 4.92 Å². The maximum absolute atomic E-state index is 12.4. The van der Waals surface area contributed by atoms with Crippen LogP contribution in [0.15, 0.2) is 59.0 Å². The molecule has 31 heavy (non-hydrogen) atoms. The molecule has 1 aliphatic heterocycles. The minimum Gasteiger partial charge on any atom is -0.486 e. The molecule has 8 nitrogen and oxygen atoms in total. The summed E-state index contributed by atoms with van der Waals surface area (Å²) in [7, 11) is 0. The first-order valence-corrected chi connectivity index (χ1v) is 9.65. The Balaban J connectivity index is 1.40. The highest BCUT2D eigenvalue weighted by molar-refractivity contribution is 6.30. The van der Waals surface area contributed by atoms with Crippen LogP contribution in [0.1, 0.15) is 21.9 Å². The first kappa shape index (κ1) is 20.5. The molecule has 4 rings (SSSR count). The van der Waals surface area contributed by atoms with Gasteiger partial charge in [-0.2, -0.15) is 0 Å². The Morgan fingerprint density at radius 1 is 1.10 bits per heavy atom. The van der Waals surface area contributed by atoms with Crippen LogP contribution in [0.5, 0.6) is 17.2 Å². The number of ether oxygens (including phenoxy) is 3. The van der Waals surface area contributed by atoms with Crippen molar-refractivity contribution in [3.63, 3.8) is 0 Å². The number of halogens is 1. The minimum absolute atomic E-state index is 0.0214. The van der Waals surface area contributed by atoms with Crippen LogP contribution >= 0.6 is 11.6 Å². The average molecular weight is 442 g/mol. The van der Waals surface area contributed by atoms with E-state index in [0.717, 1.165) is 0 Å². The first-order chi connectivity index (χ1) is 15.0. The molecule has 158 valence electrons. The van der Waals surface area contributed by atoms with E-state index in [1.165, 1.54) is 30.4 Å². The van der Waals surface area contributed by atoms with Crippen molar-refractivity contribution in [1.82, 2.24) is 0 Å². The highest BCUT2D eigenvalue weighted by Gasteiger charge is 2.17. The van der Waals surface area contributed by atoms with E-state index in [4.69, 9.17) is 30.2 Å². The third-order valence-electron chi connectivity index (χ3n) is 4.40. The Bertz CT molecular complexity index is 1170. The van der Waals surface area contributed by atoms with Crippen molar-refractivity contribution in [2.75, 3.05) is 13.2 Å². The van der Waals surface area contributed by atoms with Gasteiger partial charge in [0, 0.05) is 16.7 Å². The van der Waals surface area contributed by atoms with Crippen LogP contribution in [0.25, 0.3) is 6.08 Å². The molecule has 2 heterocycles. The summed E-state index contributed by atoms with van der Waals surface area (Å²) in [6.45, 7) is 0.902. The molecule has 0 spiro atoms. The lowest BCUT2D eigenvalue weighted by atomic mass is 10.1. The predicted molar refractivity (Wildman–Crippen MR) is 112 cm³/mol. The van der Waals surface area contributed by atoms with Gasteiger partial charge in [0.25, 0.3) is 0 Å². The monoisotopic (exact) mass is 441 g/mol. The second-order valence-corrected chi connectivity index (χ2v) is 6.95. The van der Waals surface area contributed by atoms with Gasteiger partial charge in [-0.05, 0) is 54.6 Å². The van der Waals surface area contributed by atoms with Crippen molar-refractivity contribution in [2.45, 2.75) is 6.61 Å². The minimum atomic E-state index is -0.568. The molecular weight excluding hydrogens is 426 g/mol. The molecule has 0 saturated heterocycles. The zero-order chi connectivity index (χ0) is 21.8. The van der Waals surface area contributed by atoms with Crippen LogP contribution in [0.4, 0.5) is 5.69 Å². The molecule has 0 N–H and O–H groups in total. The third-order valence-corrected chi connectivity index (χ3v) is 4.63. The standard InChI is InChI=1S/C22H16ClNO7/c23-15-2-8-20(18(12-15)24(26)27)30-13-17-4-3-16(31-17)5-6-19(25)14-1-7-21-22(11-14)29-10-9-28-21/h1-8,11-12H,9-10,13H2/b6-5+. The third kappa shape index (κ3) is 4.87. The van der Waals surface area contributed by atoms with Gasteiger partial charge in [-0.15, -0.1) is 0 Å². The number of fused-ring (bicyclic) bond motifs is 1. The van der Waals surface area contributed by atoms with Gasteiger partial charge in [-0.3, -0.25) is 14.9 Å². The number of allylic oxidation sites excluding steroid dienone is 1. The van der Waals surface area contributed by atoms with E-state index in [2.05, 4.69) is 0 Å². The van der Waals surface area contributed by atoms with Crippen molar-refractivity contribution < 1.29 is 28.3 Å². The maximum atomic E-state index is 12.4. The first-order valence-electron chi connectivity index (χ1n) is 9.27. The number of nitrogens with zero attached hydrogens (tertiary/aromatic N) is 1. The fourth-order valence-electron chi connectivity index (χ4n) is 2.92. The number of carbonyl (C=O) groups excluding carboxylic acids is 1. The molecule has 0 radical (unpaired) electrons. The lowest BCUT2D eigenvalue weighted by molar-refractivity contribution is -0.385. The molecule has 1 aromatic heterocycles. The van der Waals surface area contributed by atoms with E-state index in [0.29, 0.717) is 41.8 Å². The number of benzene rings is 2. The van der Waals surface area contributed by atoms with Gasteiger partial charge in [0.15, 0.2) is 23.0 Å². The average Bonchev–Trinajstić information content (AvgIpc) is 3.24. The van der Waals surface area contributed by atoms with Crippen molar-refractivity contribution in [1.29, 1.82) is 0 Å². The van der Waals surface area contributed by atoms with Crippen LogP contribution in [0, 0.1) is 10.1 Å². The predicted octanol–water partition coefficient (Wildman–Crippen LogP) is 5.09. The largest absolute Gasteiger partial charge is 0.486 e. The molecule has 0 bridgehead atoms. The maximum Gasteiger partial charge on any atom is 0.312 e. The van der Waals surface area contributed by atoms with E-state index in [9.17, 15) is 14.9 Å². The number of furan rings is 1. The zero-order valence-electron chi connectivity index (χ0n) is 16.1. The van der Waals surface area contributed by atoms with Gasteiger partial charge in [0.05, 0.1) is 4.92 Å². The Labute approximate surface area is 181 Å². The van der Waals surface area contributed by atoms with Crippen LogP contribution in [-0.2, 0) is 6.61 Å². The molecular formula is C22H16ClNO7. The van der Waals surface area contributed by atoms with Gasteiger partial charge < -0.3 is 18.6 Å². The Morgan fingerprint density at radius 3 is 2.71 bits per heavy atom. The van der Waals surface area contributed by atoms with Crippen LogP contribution < -0.4 is 14.2 Å². The summed E-state index contributed by atoms with van der Waals surface area (Å²) in [5.74, 6) is 1.90. The number of rotatable bonds is 7. The summed E-state index contributed by atoms with van der Waals surface area (Å²) in [5.41, 5.74) is 0.231. The molecule has 0 fully saturated rings. The second-order valence-electron chi connectivity index (χ2n) is 6.52. The van der Waals surface area contributed by atoms with Gasteiger partial charge in [0.1, 0.15) is 31.3 Å². The highest BCUT2D eigenvalue weighted by atomic mass is 35.5. The summed E-state index contributed by atoms with van der Waals surface area (Å²) in [6, 6.07) is 12.5. The molecule has 0 amide bonds. The van der Waals surface area contributed by atoms with E-state index in [-0.39, 0.29) is 28.8 Å². The lowest BCUT2D eigenvalue weighted by Gasteiger charge is -2.18. The number of carbonyl (C=O) groups is 1. The molecule has 0 aliphatic carbocycles. The van der Waals surface area contributed by atoms with Crippen molar-refractivity contribution >= 4 is 29.1 Å². The normalized spacial score (nSPS) is 12.7. The molecule has 9 heteroatoms.